The highest BCUT2D eigenvalue weighted by Gasteiger charge is 2.15. The summed E-state index contributed by atoms with van der Waals surface area (Å²) < 4.78 is 18.5. The Hall–Kier alpha value is -2.76. The number of rotatable bonds is 3. The Bertz CT molecular complexity index is 703. The molecule has 0 unspecified atom stereocenters. The van der Waals surface area contributed by atoms with E-state index >= 15 is 0 Å². The fourth-order valence-corrected chi connectivity index (χ4v) is 2.06. The van der Waals surface area contributed by atoms with Gasteiger partial charge in [0.05, 0.1) is 5.69 Å². The minimum atomic E-state index is -0.652. The molecule has 108 valence electrons. The van der Waals surface area contributed by atoms with Gasteiger partial charge >= 0.3 is 0 Å². The van der Waals surface area contributed by atoms with Gasteiger partial charge in [-0.1, -0.05) is 6.07 Å². The summed E-state index contributed by atoms with van der Waals surface area (Å²) in [6.07, 6.45) is 0. The zero-order valence-electron chi connectivity index (χ0n) is 11.0. The van der Waals surface area contributed by atoms with Crippen molar-refractivity contribution in [3.8, 4) is 11.5 Å². The highest BCUT2D eigenvalue weighted by atomic mass is 19.1. The van der Waals surface area contributed by atoms with E-state index in [1.807, 2.05) is 6.07 Å². The molecule has 0 spiro atoms. The summed E-state index contributed by atoms with van der Waals surface area (Å²) in [5.41, 5.74) is 2.07. The number of halogens is 1. The third-order valence-corrected chi connectivity index (χ3v) is 3.12. The largest absolute Gasteiger partial charge is 0.505 e. The first-order valence-corrected chi connectivity index (χ1v) is 6.40. The molecule has 5 nitrogen and oxygen atoms in total. The van der Waals surface area contributed by atoms with Crippen molar-refractivity contribution in [2.45, 2.75) is 6.54 Å². The molecule has 2 aromatic carbocycles. The molecular weight excluding hydrogens is 275 g/mol. The van der Waals surface area contributed by atoms with Crippen LogP contribution in [0.1, 0.15) is 5.56 Å². The van der Waals surface area contributed by atoms with E-state index in [-0.39, 0.29) is 18.3 Å². The van der Waals surface area contributed by atoms with Gasteiger partial charge in [0.2, 0.25) is 0 Å². The summed E-state index contributed by atoms with van der Waals surface area (Å²) in [4.78, 5) is 11.3. The van der Waals surface area contributed by atoms with Gasteiger partial charge in [0, 0.05) is 12.2 Å². The van der Waals surface area contributed by atoms with Gasteiger partial charge in [-0.15, -0.1) is 0 Å². The summed E-state index contributed by atoms with van der Waals surface area (Å²) >= 11 is 0. The van der Waals surface area contributed by atoms with Crippen LogP contribution in [-0.2, 0) is 11.3 Å². The predicted molar refractivity (Wildman–Crippen MR) is 76.0 cm³/mol. The van der Waals surface area contributed by atoms with Gasteiger partial charge in [0.1, 0.15) is 5.75 Å². The lowest BCUT2D eigenvalue weighted by molar-refractivity contribution is -0.118. The molecule has 0 radical (unpaired) electrons. The quantitative estimate of drug-likeness (QED) is 0.811. The number of hydrogen-bond donors (Lipinski definition) is 3. The standard InChI is InChI=1S/C15H13FN2O3/c16-11-5-9(1-3-13(11)19)7-17-10-2-4-14-12(6-10)18-15(20)8-21-14/h1-6,17,19H,7-8H2,(H,18,20). The van der Waals surface area contributed by atoms with Crippen molar-refractivity contribution in [3.63, 3.8) is 0 Å². The minimum absolute atomic E-state index is 0.0204. The molecule has 0 saturated carbocycles. The number of carbonyl (C=O) groups excluding carboxylic acids is 1. The van der Waals surface area contributed by atoms with Gasteiger partial charge in [-0.3, -0.25) is 4.79 Å². The monoisotopic (exact) mass is 288 g/mol. The fraction of sp³-hybridized carbons (Fsp3) is 0.133. The van der Waals surface area contributed by atoms with Crippen molar-refractivity contribution in [3.05, 3.63) is 47.8 Å². The van der Waals surface area contributed by atoms with E-state index in [2.05, 4.69) is 10.6 Å². The average Bonchev–Trinajstić information content (AvgIpc) is 2.48. The van der Waals surface area contributed by atoms with E-state index in [9.17, 15) is 9.18 Å². The normalized spacial score (nSPS) is 13.1. The zero-order chi connectivity index (χ0) is 14.8. The van der Waals surface area contributed by atoms with Gasteiger partial charge in [0.15, 0.2) is 18.2 Å². The summed E-state index contributed by atoms with van der Waals surface area (Å²) in [7, 11) is 0. The second kappa shape index (κ2) is 5.32. The number of fused-ring (bicyclic) bond motifs is 1. The summed E-state index contributed by atoms with van der Waals surface area (Å²) in [6, 6.07) is 9.54. The van der Waals surface area contributed by atoms with Crippen LogP contribution in [-0.4, -0.2) is 17.6 Å². The Balaban J connectivity index is 1.72. The molecule has 1 amide bonds. The SMILES string of the molecule is O=C1COc2ccc(NCc3ccc(O)c(F)c3)cc2N1. The molecule has 0 bridgehead atoms. The molecule has 6 heteroatoms. The third kappa shape index (κ3) is 2.89. The Morgan fingerprint density at radius 1 is 1.29 bits per heavy atom. The number of nitrogens with one attached hydrogen (secondary N) is 2. The van der Waals surface area contributed by atoms with E-state index in [1.54, 1.807) is 18.2 Å². The number of benzene rings is 2. The van der Waals surface area contributed by atoms with Crippen LogP contribution in [0.25, 0.3) is 0 Å². The number of phenols is 1. The summed E-state index contributed by atoms with van der Waals surface area (Å²) in [6.45, 7) is 0.414. The van der Waals surface area contributed by atoms with Crippen molar-refractivity contribution in [2.75, 3.05) is 17.2 Å². The van der Waals surface area contributed by atoms with Crippen molar-refractivity contribution >= 4 is 17.3 Å². The molecule has 0 aromatic heterocycles. The Labute approximate surface area is 120 Å². The highest BCUT2D eigenvalue weighted by molar-refractivity contribution is 5.96. The van der Waals surface area contributed by atoms with Crippen LogP contribution in [0.2, 0.25) is 0 Å². The van der Waals surface area contributed by atoms with Crippen LogP contribution in [0.3, 0.4) is 0 Å². The smallest absolute Gasteiger partial charge is 0.262 e. The van der Waals surface area contributed by atoms with E-state index in [4.69, 9.17) is 9.84 Å². The van der Waals surface area contributed by atoms with Crippen molar-refractivity contribution in [1.82, 2.24) is 0 Å². The fourth-order valence-electron chi connectivity index (χ4n) is 2.06. The van der Waals surface area contributed by atoms with Gasteiger partial charge in [-0.25, -0.2) is 4.39 Å². The van der Waals surface area contributed by atoms with Crippen LogP contribution in [0.15, 0.2) is 36.4 Å². The van der Waals surface area contributed by atoms with Crippen LogP contribution >= 0.6 is 0 Å². The maximum atomic E-state index is 13.2. The van der Waals surface area contributed by atoms with E-state index in [0.29, 0.717) is 23.5 Å². The lowest BCUT2D eigenvalue weighted by atomic mass is 10.2. The van der Waals surface area contributed by atoms with Crippen LogP contribution in [0.4, 0.5) is 15.8 Å². The molecule has 0 atom stereocenters. The molecule has 2 aromatic rings. The summed E-state index contributed by atoms with van der Waals surface area (Å²) in [5, 5.41) is 15.0. The second-order valence-electron chi connectivity index (χ2n) is 4.69. The van der Waals surface area contributed by atoms with E-state index in [0.717, 1.165) is 5.69 Å². The van der Waals surface area contributed by atoms with Crippen LogP contribution in [0, 0.1) is 5.82 Å². The Kier molecular flexibility index (Phi) is 3.35. The van der Waals surface area contributed by atoms with Gasteiger partial charge in [-0.2, -0.15) is 0 Å². The molecule has 0 aliphatic carbocycles. The molecule has 3 rings (SSSR count). The molecule has 1 aliphatic heterocycles. The maximum Gasteiger partial charge on any atom is 0.262 e. The second-order valence-corrected chi connectivity index (χ2v) is 4.69. The zero-order valence-corrected chi connectivity index (χ0v) is 11.0. The lowest BCUT2D eigenvalue weighted by Gasteiger charge is -2.19. The third-order valence-electron chi connectivity index (χ3n) is 3.12. The van der Waals surface area contributed by atoms with Crippen molar-refractivity contribution < 1.29 is 19.0 Å². The van der Waals surface area contributed by atoms with Crippen molar-refractivity contribution in [1.29, 1.82) is 0 Å². The molecule has 0 fully saturated rings. The number of amides is 1. The number of anilines is 2. The maximum absolute atomic E-state index is 13.2. The molecule has 1 aliphatic rings. The molecule has 21 heavy (non-hydrogen) atoms. The van der Waals surface area contributed by atoms with E-state index in [1.165, 1.54) is 12.1 Å². The Morgan fingerprint density at radius 2 is 2.14 bits per heavy atom. The number of aromatic hydroxyl groups is 1. The lowest BCUT2D eigenvalue weighted by Crippen LogP contribution is -2.25. The van der Waals surface area contributed by atoms with Gasteiger partial charge in [0.25, 0.3) is 5.91 Å². The molecule has 1 heterocycles. The molecule has 3 N–H and O–H groups in total. The first kappa shape index (κ1) is 13.2. The number of hydrogen-bond acceptors (Lipinski definition) is 4. The predicted octanol–water partition coefficient (Wildman–Crippen LogP) is 2.47. The Morgan fingerprint density at radius 3 is 2.95 bits per heavy atom. The topological polar surface area (TPSA) is 70.6 Å². The van der Waals surface area contributed by atoms with Crippen LogP contribution in [0.5, 0.6) is 11.5 Å². The molecular formula is C15H13FN2O3. The first-order valence-electron chi connectivity index (χ1n) is 6.40. The van der Waals surface area contributed by atoms with Crippen molar-refractivity contribution in [2.24, 2.45) is 0 Å². The number of phenolic OH excluding ortho intramolecular Hbond substituents is 1. The minimum Gasteiger partial charge on any atom is -0.505 e. The number of ether oxygens (including phenoxy) is 1. The highest BCUT2D eigenvalue weighted by Crippen LogP contribution is 2.30. The number of carbonyl (C=O) groups is 1. The average molecular weight is 288 g/mol. The first-order chi connectivity index (χ1) is 10.1. The van der Waals surface area contributed by atoms with Gasteiger partial charge < -0.3 is 20.5 Å². The molecule has 0 saturated heterocycles. The van der Waals surface area contributed by atoms with Crippen LogP contribution < -0.4 is 15.4 Å². The van der Waals surface area contributed by atoms with Gasteiger partial charge in [-0.05, 0) is 35.9 Å². The van der Waals surface area contributed by atoms with E-state index < -0.39 is 5.82 Å². The summed E-state index contributed by atoms with van der Waals surface area (Å²) in [5.74, 6) is -0.594.